The van der Waals surface area contributed by atoms with Gasteiger partial charge >= 0.3 is 0 Å². The van der Waals surface area contributed by atoms with Crippen LogP contribution >= 0.6 is 11.3 Å². The highest BCUT2D eigenvalue weighted by atomic mass is 32.1. The average molecular weight is 253 g/mol. The zero-order chi connectivity index (χ0) is 13.3. The number of thiazole rings is 1. The summed E-state index contributed by atoms with van der Waals surface area (Å²) in [6.07, 6.45) is 1.59. The Morgan fingerprint density at radius 3 is 2.29 bits per heavy atom. The van der Waals surface area contributed by atoms with E-state index in [0.29, 0.717) is 12.1 Å². The molecule has 0 amide bonds. The van der Waals surface area contributed by atoms with Gasteiger partial charge in [-0.15, -0.1) is 11.3 Å². The molecule has 3 heteroatoms. The first-order valence-corrected chi connectivity index (χ1v) is 7.03. The van der Waals surface area contributed by atoms with Crippen LogP contribution in [0.1, 0.15) is 69.9 Å². The number of aromatic nitrogens is 1. The fourth-order valence-electron chi connectivity index (χ4n) is 1.40. The van der Waals surface area contributed by atoms with Gasteiger partial charge in [0.2, 0.25) is 0 Å². The minimum absolute atomic E-state index is 0.0312. The summed E-state index contributed by atoms with van der Waals surface area (Å²) in [7, 11) is 0. The van der Waals surface area contributed by atoms with Crippen molar-refractivity contribution in [2.24, 2.45) is 5.41 Å². The first-order chi connectivity index (χ1) is 7.65. The Bertz CT molecular complexity index is 399. The van der Waals surface area contributed by atoms with E-state index in [4.69, 9.17) is 0 Å². The number of hydrogen-bond acceptors (Lipinski definition) is 3. The maximum absolute atomic E-state index is 12.1. The van der Waals surface area contributed by atoms with Crippen molar-refractivity contribution in [2.45, 2.75) is 59.8 Å². The molecule has 0 aromatic carbocycles. The molecule has 0 spiro atoms. The minimum Gasteiger partial charge on any atom is -0.292 e. The largest absolute Gasteiger partial charge is 0.292 e. The van der Waals surface area contributed by atoms with Crippen LogP contribution in [0.3, 0.4) is 0 Å². The molecular weight excluding hydrogens is 230 g/mol. The van der Waals surface area contributed by atoms with E-state index in [0.717, 1.165) is 11.4 Å². The molecule has 0 aliphatic carbocycles. The smallest absolute Gasteiger partial charge is 0.182 e. The monoisotopic (exact) mass is 253 g/mol. The molecule has 1 aromatic rings. The first kappa shape index (κ1) is 14.4. The average Bonchev–Trinajstić information content (AvgIpc) is 2.65. The molecule has 1 heterocycles. The van der Waals surface area contributed by atoms with E-state index >= 15 is 0 Å². The van der Waals surface area contributed by atoms with Crippen molar-refractivity contribution in [2.75, 3.05) is 0 Å². The maximum Gasteiger partial charge on any atom is 0.182 e. The Balaban J connectivity index is 2.81. The third-order valence-electron chi connectivity index (χ3n) is 3.03. The van der Waals surface area contributed by atoms with Gasteiger partial charge in [-0.25, -0.2) is 4.98 Å². The van der Waals surface area contributed by atoms with Crippen molar-refractivity contribution in [3.05, 3.63) is 16.1 Å². The second kappa shape index (κ2) is 4.89. The predicted octanol–water partition coefficient (Wildman–Crippen LogP) is 4.45. The summed E-state index contributed by atoms with van der Waals surface area (Å²) in [6, 6.07) is 0. The van der Waals surface area contributed by atoms with Gasteiger partial charge in [0, 0.05) is 17.2 Å². The second-order valence-corrected chi connectivity index (χ2v) is 7.26. The molecule has 2 nitrogen and oxygen atoms in total. The maximum atomic E-state index is 12.1. The number of carbonyl (C=O) groups excluding carboxylic acids is 1. The number of Topliss-reactive ketones (excluding diaryl/α,β-unsaturated/α-hetero) is 1. The number of hydrogen-bond donors (Lipinski definition) is 0. The lowest BCUT2D eigenvalue weighted by molar-refractivity contribution is 0.0924. The molecule has 0 bridgehead atoms. The van der Waals surface area contributed by atoms with Crippen molar-refractivity contribution in [3.8, 4) is 0 Å². The van der Waals surface area contributed by atoms with Crippen LogP contribution in [0.15, 0.2) is 5.38 Å². The first-order valence-electron chi connectivity index (χ1n) is 6.15. The highest BCUT2D eigenvalue weighted by molar-refractivity contribution is 7.10. The molecule has 0 fully saturated rings. The molecule has 0 N–H and O–H groups in total. The van der Waals surface area contributed by atoms with Crippen LogP contribution in [0.5, 0.6) is 0 Å². The summed E-state index contributed by atoms with van der Waals surface area (Å²) >= 11 is 1.59. The van der Waals surface area contributed by atoms with E-state index in [2.05, 4.69) is 46.5 Å². The van der Waals surface area contributed by atoms with Gasteiger partial charge in [0.25, 0.3) is 0 Å². The van der Waals surface area contributed by atoms with E-state index in [1.807, 2.05) is 5.38 Å². The van der Waals surface area contributed by atoms with E-state index < -0.39 is 0 Å². The summed E-state index contributed by atoms with van der Waals surface area (Å²) < 4.78 is 0. The molecule has 0 saturated heterocycles. The fraction of sp³-hybridized carbons (Fsp3) is 0.714. The quantitative estimate of drug-likeness (QED) is 0.742. The highest BCUT2D eigenvalue weighted by Gasteiger charge is 2.24. The molecule has 1 aromatic heterocycles. The zero-order valence-electron chi connectivity index (χ0n) is 11.8. The molecule has 17 heavy (non-hydrogen) atoms. The van der Waals surface area contributed by atoms with Crippen molar-refractivity contribution in [3.63, 3.8) is 0 Å². The summed E-state index contributed by atoms with van der Waals surface area (Å²) in [5.74, 6) is 0.170. The van der Waals surface area contributed by atoms with Crippen LogP contribution in [0.25, 0.3) is 0 Å². The van der Waals surface area contributed by atoms with Gasteiger partial charge in [-0.3, -0.25) is 4.79 Å². The van der Waals surface area contributed by atoms with Gasteiger partial charge in [0.05, 0.1) is 5.01 Å². The summed E-state index contributed by atoms with van der Waals surface area (Å²) in [5.41, 5.74) is 0.743. The van der Waals surface area contributed by atoms with E-state index in [-0.39, 0.29) is 16.6 Å². The Hall–Kier alpha value is -0.700. The summed E-state index contributed by atoms with van der Waals surface area (Å²) in [6.45, 7) is 12.7. The third-order valence-corrected chi connectivity index (χ3v) is 4.30. The fourth-order valence-corrected chi connectivity index (χ4v) is 2.31. The molecular formula is C14H23NOS. The lowest BCUT2D eigenvalue weighted by atomic mass is 9.84. The van der Waals surface area contributed by atoms with Crippen LogP contribution in [0, 0.1) is 5.41 Å². The molecule has 1 rings (SSSR count). The van der Waals surface area contributed by atoms with Gasteiger partial charge in [0.15, 0.2) is 5.78 Å². The van der Waals surface area contributed by atoms with Crippen LogP contribution in [0.4, 0.5) is 0 Å². The van der Waals surface area contributed by atoms with E-state index in [1.165, 1.54) is 0 Å². The van der Waals surface area contributed by atoms with Crippen molar-refractivity contribution < 1.29 is 4.79 Å². The lowest BCUT2D eigenvalue weighted by Gasteiger charge is -2.20. The SMILES string of the molecule is CCC(C)(C)CC(=O)c1csc(C(C)(C)C)n1. The zero-order valence-corrected chi connectivity index (χ0v) is 12.6. The predicted molar refractivity (Wildman–Crippen MR) is 73.8 cm³/mol. The third kappa shape index (κ3) is 3.91. The van der Waals surface area contributed by atoms with Crippen molar-refractivity contribution in [1.29, 1.82) is 0 Å². The van der Waals surface area contributed by atoms with Crippen molar-refractivity contribution in [1.82, 2.24) is 4.98 Å². The van der Waals surface area contributed by atoms with Crippen LogP contribution in [0.2, 0.25) is 0 Å². The minimum atomic E-state index is 0.0312. The Kier molecular flexibility index (Phi) is 4.13. The topological polar surface area (TPSA) is 30.0 Å². The lowest BCUT2D eigenvalue weighted by Crippen LogP contribution is -2.17. The highest BCUT2D eigenvalue weighted by Crippen LogP contribution is 2.29. The van der Waals surface area contributed by atoms with Gasteiger partial charge in [0.1, 0.15) is 5.69 Å². The van der Waals surface area contributed by atoms with Gasteiger partial charge in [-0.2, -0.15) is 0 Å². The van der Waals surface area contributed by atoms with Gasteiger partial charge < -0.3 is 0 Å². The molecule has 0 aliphatic rings. The van der Waals surface area contributed by atoms with Crippen LogP contribution < -0.4 is 0 Å². The molecule has 0 unspecified atom stereocenters. The van der Waals surface area contributed by atoms with Crippen LogP contribution in [-0.4, -0.2) is 10.8 Å². The number of nitrogens with zero attached hydrogens (tertiary/aromatic N) is 1. The molecule has 96 valence electrons. The van der Waals surface area contributed by atoms with Gasteiger partial charge in [-0.1, -0.05) is 48.0 Å². The molecule has 0 saturated carbocycles. The molecule has 0 aliphatic heterocycles. The van der Waals surface area contributed by atoms with Crippen molar-refractivity contribution >= 4 is 17.1 Å². The van der Waals surface area contributed by atoms with Gasteiger partial charge in [-0.05, 0) is 5.41 Å². The van der Waals surface area contributed by atoms with Crippen LogP contribution in [-0.2, 0) is 5.41 Å². The Morgan fingerprint density at radius 2 is 1.88 bits per heavy atom. The number of carbonyl (C=O) groups is 1. The summed E-state index contributed by atoms with van der Waals surface area (Å²) in [4.78, 5) is 16.6. The van der Waals surface area contributed by atoms with E-state index in [9.17, 15) is 4.79 Å². The number of rotatable bonds is 4. The summed E-state index contributed by atoms with van der Waals surface area (Å²) in [5, 5.41) is 2.93. The second-order valence-electron chi connectivity index (χ2n) is 6.41. The molecule has 0 radical (unpaired) electrons. The standard InChI is InChI=1S/C14H23NOS/c1-7-14(5,6)8-11(16)10-9-17-12(15-10)13(2,3)4/h9H,7-8H2,1-6H3. The Labute approximate surface area is 108 Å². The normalized spacial score (nSPS) is 12.8. The number of ketones is 1. The van der Waals surface area contributed by atoms with E-state index in [1.54, 1.807) is 11.3 Å². The molecule has 0 atom stereocenters. The Morgan fingerprint density at radius 1 is 1.29 bits per heavy atom.